The summed E-state index contributed by atoms with van der Waals surface area (Å²) in [6, 6.07) is 1.67. The highest BCUT2D eigenvalue weighted by Crippen LogP contribution is 2.37. The maximum atomic E-state index is 5.13. The largest absolute Gasteiger partial charge is 0.481 e. The summed E-state index contributed by atoms with van der Waals surface area (Å²) in [4.78, 5) is 8.58. The summed E-state index contributed by atoms with van der Waals surface area (Å²) in [6.45, 7) is 2.18. The van der Waals surface area contributed by atoms with E-state index >= 15 is 0 Å². The molecular weight excluding hydrogens is 218 g/mol. The topological polar surface area (TPSA) is 56.3 Å². The van der Waals surface area contributed by atoms with E-state index in [4.69, 9.17) is 9.47 Å². The Labute approximate surface area is 102 Å². The number of methoxy groups -OCH3 is 2. The molecule has 0 aliphatic heterocycles. The molecule has 1 saturated carbocycles. The van der Waals surface area contributed by atoms with Crippen LogP contribution in [-0.4, -0.2) is 29.7 Å². The van der Waals surface area contributed by atoms with Crippen molar-refractivity contribution in [2.24, 2.45) is 0 Å². The molecule has 0 bridgehead atoms. The van der Waals surface area contributed by atoms with Gasteiger partial charge in [0, 0.05) is 5.54 Å². The molecule has 94 valence electrons. The minimum absolute atomic E-state index is 0.164. The highest BCUT2D eigenvalue weighted by molar-refractivity contribution is 5.37. The Morgan fingerprint density at radius 3 is 2.18 bits per heavy atom. The maximum Gasteiger partial charge on any atom is 0.229 e. The van der Waals surface area contributed by atoms with Crippen LogP contribution in [0.25, 0.3) is 0 Å². The summed E-state index contributed by atoms with van der Waals surface area (Å²) >= 11 is 0. The fourth-order valence-corrected chi connectivity index (χ4v) is 2.08. The molecule has 0 amide bonds. The van der Waals surface area contributed by atoms with Crippen molar-refractivity contribution in [3.8, 4) is 11.8 Å². The van der Waals surface area contributed by atoms with Crippen LogP contribution in [0.3, 0.4) is 0 Å². The van der Waals surface area contributed by atoms with Gasteiger partial charge in [-0.2, -0.15) is 9.97 Å². The highest BCUT2D eigenvalue weighted by atomic mass is 16.5. The number of anilines is 1. The van der Waals surface area contributed by atoms with Crippen LogP contribution in [0.15, 0.2) is 6.07 Å². The first-order valence-electron chi connectivity index (χ1n) is 5.96. The van der Waals surface area contributed by atoms with Gasteiger partial charge < -0.3 is 14.8 Å². The molecule has 1 fully saturated rings. The summed E-state index contributed by atoms with van der Waals surface area (Å²) < 4.78 is 10.3. The smallest absolute Gasteiger partial charge is 0.229 e. The molecule has 17 heavy (non-hydrogen) atoms. The molecule has 5 nitrogen and oxygen atoms in total. The number of nitrogens with zero attached hydrogens (tertiary/aromatic N) is 2. The van der Waals surface area contributed by atoms with Gasteiger partial charge in [0.05, 0.1) is 20.3 Å². The Kier molecular flexibility index (Phi) is 3.36. The van der Waals surface area contributed by atoms with Crippen molar-refractivity contribution in [1.29, 1.82) is 0 Å². The molecule has 0 atom stereocenters. The van der Waals surface area contributed by atoms with Crippen molar-refractivity contribution in [3.63, 3.8) is 0 Å². The summed E-state index contributed by atoms with van der Waals surface area (Å²) in [5.74, 6) is 1.62. The van der Waals surface area contributed by atoms with Gasteiger partial charge in [0.1, 0.15) is 0 Å². The van der Waals surface area contributed by atoms with Crippen molar-refractivity contribution in [3.05, 3.63) is 6.07 Å². The molecule has 5 heteroatoms. The van der Waals surface area contributed by atoms with E-state index in [1.807, 2.05) is 0 Å². The Morgan fingerprint density at radius 2 is 1.82 bits per heavy atom. The Hall–Kier alpha value is -1.52. The molecule has 1 aromatic rings. The molecule has 0 spiro atoms. The number of rotatable bonds is 5. The van der Waals surface area contributed by atoms with E-state index in [1.165, 1.54) is 19.3 Å². The van der Waals surface area contributed by atoms with E-state index in [2.05, 4.69) is 22.2 Å². The first-order chi connectivity index (χ1) is 8.21. The molecular formula is C12H19N3O2. The van der Waals surface area contributed by atoms with Crippen molar-refractivity contribution in [1.82, 2.24) is 9.97 Å². The van der Waals surface area contributed by atoms with Crippen LogP contribution in [-0.2, 0) is 0 Å². The molecule has 1 aliphatic carbocycles. The van der Waals surface area contributed by atoms with Gasteiger partial charge in [-0.1, -0.05) is 6.92 Å². The second kappa shape index (κ2) is 4.77. The van der Waals surface area contributed by atoms with Gasteiger partial charge in [-0.25, -0.2) is 0 Å². The van der Waals surface area contributed by atoms with Crippen LogP contribution >= 0.6 is 0 Å². The van der Waals surface area contributed by atoms with E-state index in [9.17, 15) is 0 Å². The Bertz CT molecular complexity index is 364. The lowest BCUT2D eigenvalue weighted by Crippen LogP contribution is -2.44. The molecule has 0 unspecified atom stereocenters. The number of hydrogen-bond donors (Lipinski definition) is 1. The minimum atomic E-state index is 0.164. The van der Waals surface area contributed by atoms with Gasteiger partial charge in [0.15, 0.2) is 0 Å². The number of aromatic nitrogens is 2. The fourth-order valence-electron chi connectivity index (χ4n) is 2.08. The van der Waals surface area contributed by atoms with Gasteiger partial charge >= 0.3 is 0 Å². The van der Waals surface area contributed by atoms with Crippen molar-refractivity contribution < 1.29 is 9.47 Å². The van der Waals surface area contributed by atoms with E-state index in [0.29, 0.717) is 17.7 Å². The molecule has 1 aliphatic rings. The lowest BCUT2D eigenvalue weighted by atomic mass is 9.75. The van der Waals surface area contributed by atoms with Gasteiger partial charge in [-0.05, 0) is 25.7 Å². The zero-order valence-electron chi connectivity index (χ0n) is 10.6. The first kappa shape index (κ1) is 12.0. The van der Waals surface area contributed by atoms with Crippen LogP contribution in [0.2, 0.25) is 0 Å². The van der Waals surface area contributed by atoms with Gasteiger partial charge in [-0.15, -0.1) is 0 Å². The SMILES string of the molecule is CCC1(Nc2nc(OC)cc(OC)n2)CCC1. The molecule has 0 radical (unpaired) electrons. The summed E-state index contributed by atoms with van der Waals surface area (Å²) in [5, 5.41) is 3.41. The van der Waals surface area contributed by atoms with Crippen LogP contribution in [0.4, 0.5) is 5.95 Å². The van der Waals surface area contributed by atoms with Crippen molar-refractivity contribution in [2.75, 3.05) is 19.5 Å². The van der Waals surface area contributed by atoms with E-state index in [0.717, 1.165) is 6.42 Å². The van der Waals surface area contributed by atoms with E-state index in [1.54, 1.807) is 20.3 Å². The number of hydrogen-bond acceptors (Lipinski definition) is 5. The maximum absolute atomic E-state index is 5.13. The van der Waals surface area contributed by atoms with Crippen LogP contribution in [0.5, 0.6) is 11.8 Å². The Balaban J connectivity index is 2.19. The molecule has 1 N–H and O–H groups in total. The average molecular weight is 237 g/mol. The molecule has 1 heterocycles. The van der Waals surface area contributed by atoms with Gasteiger partial charge in [0.2, 0.25) is 17.7 Å². The standard InChI is InChI=1S/C12H19N3O2/c1-4-12(6-5-7-12)15-11-13-9(16-2)8-10(14-11)17-3/h8H,4-7H2,1-3H3,(H,13,14,15). The van der Waals surface area contributed by atoms with Gasteiger partial charge in [0.25, 0.3) is 0 Å². The predicted octanol–water partition coefficient (Wildman–Crippen LogP) is 2.24. The molecule has 1 aromatic heterocycles. The van der Waals surface area contributed by atoms with Gasteiger partial charge in [-0.3, -0.25) is 0 Å². The lowest BCUT2D eigenvalue weighted by molar-refractivity contribution is 0.267. The van der Waals surface area contributed by atoms with Crippen LogP contribution in [0.1, 0.15) is 32.6 Å². The van der Waals surface area contributed by atoms with Crippen molar-refractivity contribution >= 4 is 5.95 Å². The second-order valence-corrected chi connectivity index (χ2v) is 4.39. The normalized spacial score (nSPS) is 17.1. The summed E-state index contributed by atoms with van der Waals surface area (Å²) in [5.41, 5.74) is 0.164. The van der Waals surface area contributed by atoms with E-state index < -0.39 is 0 Å². The quantitative estimate of drug-likeness (QED) is 0.851. The average Bonchev–Trinajstić information content (AvgIpc) is 2.33. The highest BCUT2D eigenvalue weighted by Gasteiger charge is 2.35. The third kappa shape index (κ3) is 2.43. The second-order valence-electron chi connectivity index (χ2n) is 4.39. The fraction of sp³-hybridized carbons (Fsp3) is 0.667. The minimum Gasteiger partial charge on any atom is -0.481 e. The summed E-state index contributed by atoms with van der Waals surface area (Å²) in [6.07, 6.45) is 4.69. The van der Waals surface area contributed by atoms with Crippen LogP contribution in [0, 0.1) is 0 Å². The molecule has 2 rings (SSSR count). The third-order valence-electron chi connectivity index (χ3n) is 3.46. The Morgan fingerprint density at radius 1 is 1.24 bits per heavy atom. The zero-order chi connectivity index (χ0) is 12.3. The zero-order valence-corrected chi connectivity index (χ0v) is 10.6. The van der Waals surface area contributed by atoms with Crippen LogP contribution < -0.4 is 14.8 Å². The van der Waals surface area contributed by atoms with Crippen molar-refractivity contribution in [2.45, 2.75) is 38.1 Å². The third-order valence-corrected chi connectivity index (χ3v) is 3.46. The summed E-state index contributed by atoms with van der Waals surface area (Å²) in [7, 11) is 3.18. The lowest BCUT2D eigenvalue weighted by Gasteiger charge is -2.42. The molecule has 0 aromatic carbocycles. The first-order valence-corrected chi connectivity index (χ1v) is 5.96. The number of ether oxygens (including phenoxy) is 2. The molecule has 0 saturated heterocycles. The predicted molar refractivity (Wildman–Crippen MR) is 65.6 cm³/mol. The van der Waals surface area contributed by atoms with E-state index in [-0.39, 0.29) is 5.54 Å². The monoisotopic (exact) mass is 237 g/mol. The number of nitrogens with one attached hydrogen (secondary N) is 1.